The summed E-state index contributed by atoms with van der Waals surface area (Å²) in [6.07, 6.45) is 2.36. The van der Waals surface area contributed by atoms with E-state index in [1.54, 1.807) is 0 Å². The average Bonchev–Trinajstić information content (AvgIpc) is 2.39. The Morgan fingerprint density at radius 1 is 1.06 bits per heavy atom. The molecule has 0 bridgehead atoms. The molecule has 0 fully saturated rings. The summed E-state index contributed by atoms with van der Waals surface area (Å²) >= 11 is 0. The molecule has 0 radical (unpaired) electrons. The third kappa shape index (κ3) is 3.08. The molecule has 2 heteroatoms. The topological polar surface area (TPSA) is 24.9 Å². The Labute approximate surface area is 109 Å². The van der Waals surface area contributed by atoms with Gasteiger partial charge in [0.25, 0.3) is 0 Å². The highest BCUT2D eigenvalue weighted by atomic mass is 14.9. The molecule has 2 aromatic rings. The van der Waals surface area contributed by atoms with Crippen molar-refractivity contribution in [3.8, 4) is 0 Å². The summed E-state index contributed by atoms with van der Waals surface area (Å²) in [5, 5.41) is 4.58. The molecule has 1 aromatic heterocycles. The Kier molecular flexibility index (Phi) is 4.32. The normalized spacial score (nSPS) is 13.1. The third-order valence-corrected chi connectivity index (χ3v) is 3.36. The van der Waals surface area contributed by atoms with Gasteiger partial charge in [0.15, 0.2) is 0 Å². The van der Waals surface area contributed by atoms with Crippen molar-refractivity contribution in [2.24, 2.45) is 5.92 Å². The first-order chi connectivity index (χ1) is 8.70. The monoisotopic (exact) mass is 242 g/mol. The number of rotatable bonds is 5. The molecule has 1 aromatic carbocycles. The molecule has 0 saturated carbocycles. The Morgan fingerprint density at radius 3 is 2.56 bits per heavy atom. The molecule has 1 unspecified atom stereocenters. The lowest BCUT2D eigenvalue weighted by atomic mass is 10.0. The largest absolute Gasteiger partial charge is 0.312 e. The first-order valence-corrected chi connectivity index (χ1v) is 6.73. The van der Waals surface area contributed by atoms with Crippen LogP contribution in [0.2, 0.25) is 0 Å². The summed E-state index contributed by atoms with van der Waals surface area (Å²) in [6, 6.07) is 12.9. The average molecular weight is 242 g/mol. The minimum Gasteiger partial charge on any atom is -0.312 e. The number of fused-ring (bicyclic) bond motifs is 1. The fourth-order valence-corrected chi connectivity index (χ4v) is 2.22. The van der Waals surface area contributed by atoms with E-state index in [1.165, 1.54) is 11.8 Å². The predicted molar refractivity (Wildman–Crippen MR) is 77.6 cm³/mol. The van der Waals surface area contributed by atoms with E-state index in [9.17, 15) is 0 Å². The molecule has 1 heterocycles. The summed E-state index contributed by atoms with van der Waals surface area (Å²) in [5.74, 6) is 0.737. The summed E-state index contributed by atoms with van der Waals surface area (Å²) in [7, 11) is 2.02. The zero-order valence-electron chi connectivity index (χ0n) is 11.5. The van der Waals surface area contributed by atoms with E-state index in [1.807, 2.05) is 13.1 Å². The van der Waals surface area contributed by atoms with Crippen LogP contribution in [-0.2, 0) is 0 Å². The van der Waals surface area contributed by atoms with Gasteiger partial charge in [-0.2, -0.15) is 0 Å². The lowest BCUT2D eigenvalue weighted by Gasteiger charge is -2.17. The summed E-state index contributed by atoms with van der Waals surface area (Å²) in [5.41, 5.74) is 2.23. The van der Waals surface area contributed by atoms with E-state index in [4.69, 9.17) is 4.98 Å². The fourth-order valence-electron chi connectivity index (χ4n) is 2.22. The highest BCUT2D eigenvalue weighted by molar-refractivity contribution is 5.78. The predicted octanol–water partition coefficient (Wildman–Crippen LogP) is 3.93. The van der Waals surface area contributed by atoms with E-state index in [0.29, 0.717) is 6.04 Å². The fraction of sp³-hybridized carbons (Fsp3) is 0.438. The van der Waals surface area contributed by atoms with Crippen LogP contribution in [0.3, 0.4) is 0 Å². The second-order valence-electron chi connectivity index (χ2n) is 5.24. The molecule has 1 N–H and O–H groups in total. The van der Waals surface area contributed by atoms with Crippen molar-refractivity contribution < 1.29 is 0 Å². The zero-order valence-corrected chi connectivity index (χ0v) is 11.5. The number of para-hydroxylation sites is 1. The molecule has 0 aliphatic heterocycles. The van der Waals surface area contributed by atoms with Crippen molar-refractivity contribution >= 4 is 10.9 Å². The third-order valence-electron chi connectivity index (χ3n) is 3.36. The molecule has 0 aliphatic rings. The van der Waals surface area contributed by atoms with Gasteiger partial charge in [0.2, 0.25) is 0 Å². The van der Waals surface area contributed by atoms with Crippen LogP contribution in [-0.4, -0.2) is 12.0 Å². The van der Waals surface area contributed by atoms with Gasteiger partial charge in [0.05, 0.1) is 11.2 Å². The number of pyridine rings is 1. The van der Waals surface area contributed by atoms with Gasteiger partial charge in [-0.3, -0.25) is 4.98 Å². The number of hydrogen-bond donors (Lipinski definition) is 1. The van der Waals surface area contributed by atoms with Crippen LogP contribution in [0.15, 0.2) is 36.4 Å². The van der Waals surface area contributed by atoms with Crippen LogP contribution in [0.1, 0.15) is 38.4 Å². The lowest BCUT2D eigenvalue weighted by Crippen LogP contribution is -2.18. The zero-order chi connectivity index (χ0) is 13.0. The van der Waals surface area contributed by atoms with E-state index >= 15 is 0 Å². The van der Waals surface area contributed by atoms with Gasteiger partial charge in [-0.1, -0.05) is 38.1 Å². The molecule has 2 nitrogen and oxygen atoms in total. The quantitative estimate of drug-likeness (QED) is 0.859. The molecule has 96 valence electrons. The molecule has 18 heavy (non-hydrogen) atoms. The van der Waals surface area contributed by atoms with Gasteiger partial charge in [-0.15, -0.1) is 0 Å². The minimum atomic E-state index is 0.358. The Bertz CT molecular complexity index is 505. The van der Waals surface area contributed by atoms with Gasteiger partial charge in [-0.25, -0.2) is 0 Å². The first-order valence-electron chi connectivity index (χ1n) is 6.73. The van der Waals surface area contributed by atoms with E-state index in [2.05, 4.69) is 49.5 Å². The maximum atomic E-state index is 4.76. The maximum Gasteiger partial charge on any atom is 0.0706 e. The number of hydrogen-bond acceptors (Lipinski definition) is 2. The van der Waals surface area contributed by atoms with Gasteiger partial charge in [-0.05, 0) is 37.9 Å². The van der Waals surface area contributed by atoms with E-state index < -0.39 is 0 Å². The molecule has 0 spiro atoms. The number of benzene rings is 1. The second-order valence-corrected chi connectivity index (χ2v) is 5.24. The van der Waals surface area contributed by atoms with Gasteiger partial charge < -0.3 is 5.32 Å². The molecule has 0 saturated heterocycles. The molecule has 0 aliphatic carbocycles. The summed E-state index contributed by atoms with van der Waals surface area (Å²) in [6.45, 7) is 4.53. The molecular weight excluding hydrogens is 220 g/mol. The van der Waals surface area contributed by atoms with E-state index in [0.717, 1.165) is 23.5 Å². The van der Waals surface area contributed by atoms with Crippen LogP contribution in [0.25, 0.3) is 10.9 Å². The minimum absolute atomic E-state index is 0.358. The van der Waals surface area contributed by atoms with Crippen LogP contribution >= 0.6 is 0 Å². The number of aromatic nitrogens is 1. The van der Waals surface area contributed by atoms with Crippen LogP contribution in [0.5, 0.6) is 0 Å². The van der Waals surface area contributed by atoms with Crippen molar-refractivity contribution in [1.29, 1.82) is 0 Å². The molecular formula is C16H22N2. The summed E-state index contributed by atoms with van der Waals surface area (Å²) < 4.78 is 0. The Hall–Kier alpha value is -1.41. The molecule has 2 rings (SSSR count). The molecule has 1 atom stereocenters. The standard InChI is InChI=1S/C16H22N2/c1-12(2)8-10-15(17-3)16-11-9-13-6-4-5-7-14(13)18-16/h4-7,9,11-12,15,17H,8,10H2,1-3H3. The highest BCUT2D eigenvalue weighted by Gasteiger charge is 2.11. The first kappa shape index (κ1) is 13.0. The van der Waals surface area contributed by atoms with Crippen LogP contribution in [0.4, 0.5) is 0 Å². The van der Waals surface area contributed by atoms with Crippen LogP contribution in [0, 0.1) is 5.92 Å². The van der Waals surface area contributed by atoms with Crippen molar-refractivity contribution in [2.45, 2.75) is 32.7 Å². The van der Waals surface area contributed by atoms with Crippen molar-refractivity contribution in [2.75, 3.05) is 7.05 Å². The van der Waals surface area contributed by atoms with Gasteiger partial charge in [0.1, 0.15) is 0 Å². The highest BCUT2D eigenvalue weighted by Crippen LogP contribution is 2.21. The summed E-state index contributed by atoms with van der Waals surface area (Å²) in [4.78, 5) is 4.76. The smallest absolute Gasteiger partial charge is 0.0706 e. The van der Waals surface area contributed by atoms with Crippen LogP contribution < -0.4 is 5.32 Å². The van der Waals surface area contributed by atoms with Gasteiger partial charge >= 0.3 is 0 Å². The SMILES string of the molecule is CNC(CCC(C)C)c1ccc2ccccc2n1. The molecule has 0 amide bonds. The number of nitrogens with zero attached hydrogens (tertiary/aromatic N) is 1. The van der Waals surface area contributed by atoms with Crippen molar-refractivity contribution in [3.63, 3.8) is 0 Å². The maximum absolute atomic E-state index is 4.76. The second kappa shape index (κ2) is 5.96. The van der Waals surface area contributed by atoms with E-state index in [-0.39, 0.29) is 0 Å². The van der Waals surface area contributed by atoms with Crippen molar-refractivity contribution in [1.82, 2.24) is 10.3 Å². The van der Waals surface area contributed by atoms with Crippen molar-refractivity contribution in [3.05, 3.63) is 42.1 Å². The Balaban J connectivity index is 2.22. The number of nitrogens with one attached hydrogen (secondary N) is 1. The van der Waals surface area contributed by atoms with Gasteiger partial charge in [0, 0.05) is 11.4 Å². The Morgan fingerprint density at radius 2 is 1.83 bits per heavy atom. The lowest BCUT2D eigenvalue weighted by molar-refractivity contribution is 0.459.